The Bertz CT molecular complexity index is 1290. The molecule has 0 radical (unpaired) electrons. The van der Waals surface area contributed by atoms with Crippen molar-refractivity contribution in [2.75, 3.05) is 43.9 Å². The molecule has 0 atom stereocenters. The van der Waals surface area contributed by atoms with E-state index in [2.05, 4.69) is 27.5 Å². The molecule has 0 aliphatic carbocycles. The molecular formula is C25H24Cl2N4O4S. The Morgan fingerprint density at radius 1 is 0.972 bits per heavy atom. The second-order valence-corrected chi connectivity index (χ2v) is 10.2. The number of piperazine rings is 1. The number of carboxylic acid groups (broad SMARTS) is 1. The van der Waals surface area contributed by atoms with Crippen molar-refractivity contribution in [3.05, 3.63) is 79.5 Å². The summed E-state index contributed by atoms with van der Waals surface area (Å²) in [5.74, 6) is -2.23. The maximum Gasteiger partial charge on any atom is 0.337 e. The van der Waals surface area contributed by atoms with Crippen molar-refractivity contribution in [2.24, 2.45) is 0 Å². The van der Waals surface area contributed by atoms with Gasteiger partial charge in [-0.05, 0) is 60.5 Å². The van der Waals surface area contributed by atoms with Crippen LogP contribution in [0.3, 0.4) is 0 Å². The number of thiophene rings is 1. The van der Waals surface area contributed by atoms with Crippen molar-refractivity contribution in [2.45, 2.75) is 6.54 Å². The summed E-state index contributed by atoms with van der Waals surface area (Å²) in [6, 6.07) is 10.6. The van der Waals surface area contributed by atoms with Crippen LogP contribution in [0.2, 0.25) is 10.0 Å². The van der Waals surface area contributed by atoms with Gasteiger partial charge in [0.25, 0.3) is 11.8 Å². The molecule has 1 saturated heterocycles. The summed E-state index contributed by atoms with van der Waals surface area (Å²) in [7, 11) is 2.08. The van der Waals surface area contributed by atoms with Crippen molar-refractivity contribution in [1.82, 2.24) is 9.80 Å². The number of benzene rings is 2. The molecule has 1 aliphatic heterocycles. The van der Waals surface area contributed by atoms with Crippen LogP contribution in [0.4, 0.5) is 11.4 Å². The summed E-state index contributed by atoms with van der Waals surface area (Å²) in [4.78, 5) is 42.4. The Kier molecular flexibility index (Phi) is 8.28. The number of carbonyl (C=O) groups excluding carboxylic acids is 2. The van der Waals surface area contributed by atoms with E-state index in [-0.39, 0.29) is 21.7 Å². The first-order valence-electron chi connectivity index (χ1n) is 11.1. The van der Waals surface area contributed by atoms with E-state index in [1.165, 1.54) is 29.5 Å². The highest BCUT2D eigenvalue weighted by Gasteiger charge is 2.22. The van der Waals surface area contributed by atoms with Gasteiger partial charge in [0, 0.05) is 49.0 Å². The van der Waals surface area contributed by atoms with Gasteiger partial charge in [0.1, 0.15) is 4.88 Å². The molecule has 0 unspecified atom stereocenters. The topological polar surface area (TPSA) is 102 Å². The number of hydrogen-bond acceptors (Lipinski definition) is 6. The number of halogens is 2. The van der Waals surface area contributed by atoms with Crippen molar-refractivity contribution < 1.29 is 19.5 Å². The summed E-state index contributed by atoms with van der Waals surface area (Å²) in [6.45, 7) is 4.40. The fourth-order valence-corrected chi connectivity index (χ4v) is 5.15. The molecule has 1 fully saturated rings. The second-order valence-electron chi connectivity index (χ2n) is 8.46. The minimum Gasteiger partial charge on any atom is -0.478 e. The molecular weight excluding hydrogens is 523 g/mol. The second kappa shape index (κ2) is 11.4. The largest absolute Gasteiger partial charge is 0.478 e. The zero-order valence-corrected chi connectivity index (χ0v) is 21.7. The lowest BCUT2D eigenvalue weighted by molar-refractivity contribution is 0.0697. The molecule has 188 valence electrons. The minimum absolute atomic E-state index is 0.00124. The van der Waals surface area contributed by atoms with Crippen LogP contribution in [0.25, 0.3) is 0 Å². The van der Waals surface area contributed by atoms with Crippen LogP contribution in [0.15, 0.2) is 47.8 Å². The molecule has 0 saturated carbocycles. The first-order valence-corrected chi connectivity index (χ1v) is 12.8. The molecule has 2 amide bonds. The lowest BCUT2D eigenvalue weighted by Gasteiger charge is -2.32. The van der Waals surface area contributed by atoms with E-state index in [4.69, 9.17) is 23.2 Å². The number of nitrogens with one attached hydrogen (secondary N) is 2. The normalized spacial score (nSPS) is 14.4. The van der Waals surface area contributed by atoms with Crippen molar-refractivity contribution >= 4 is 63.7 Å². The predicted octanol–water partition coefficient (Wildman–Crippen LogP) is 5.01. The average molecular weight is 547 g/mol. The molecule has 1 aromatic heterocycles. The highest BCUT2D eigenvalue weighted by Crippen LogP contribution is 2.31. The third-order valence-electron chi connectivity index (χ3n) is 5.86. The first kappa shape index (κ1) is 26.1. The molecule has 2 aromatic carbocycles. The number of anilines is 2. The maximum absolute atomic E-state index is 13.1. The molecule has 4 rings (SSSR count). The average Bonchev–Trinajstić information content (AvgIpc) is 3.21. The van der Waals surface area contributed by atoms with E-state index in [0.717, 1.165) is 31.7 Å². The van der Waals surface area contributed by atoms with E-state index in [0.29, 0.717) is 22.3 Å². The number of carbonyl (C=O) groups is 3. The Morgan fingerprint density at radius 2 is 1.67 bits per heavy atom. The number of amides is 2. The molecule has 3 aromatic rings. The van der Waals surface area contributed by atoms with Crippen LogP contribution >= 0.6 is 34.5 Å². The van der Waals surface area contributed by atoms with Gasteiger partial charge < -0.3 is 20.6 Å². The highest BCUT2D eigenvalue weighted by molar-refractivity contribution is 7.13. The van der Waals surface area contributed by atoms with Crippen LogP contribution in [0, 0.1) is 0 Å². The third-order valence-corrected chi connectivity index (χ3v) is 7.68. The molecule has 0 bridgehead atoms. The Balaban J connectivity index is 1.50. The summed E-state index contributed by atoms with van der Waals surface area (Å²) in [5, 5.41) is 17.7. The minimum atomic E-state index is -1.23. The van der Waals surface area contributed by atoms with Crippen LogP contribution in [-0.4, -0.2) is 65.9 Å². The molecule has 2 heterocycles. The zero-order valence-electron chi connectivity index (χ0n) is 19.4. The smallest absolute Gasteiger partial charge is 0.337 e. The lowest BCUT2D eigenvalue weighted by Crippen LogP contribution is -2.43. The number of hydrogen-bond donors (Lipinski definition) is 3. The zero-order chi connectivity index (χ0) is 25.8. The monoisotopic (exact) mass is 546 g/mol. The fraction of sp³-hybridized carbons (Fsp3) is 0.240. The van der Waals surface area contributed by atoms with Gasteiger partial charge in [-0.25, -0.2) is 4.79 Å². The summed E-state index contributed by atoms with van der Waals surface area (Å²) >= 11 is 13.6. The Hall–Kier alpha value is -2.95. The quantitative estimate of drug-likeness (QED) is 0.385. The maximum atomic E-state index is 13.1. The lowest BCUT2D eigenvalue weighted by atomic mass is 10.1. The van der Waals surface area contributed by atoms with Crippen molar-refractivity contribution in [1.29, 1.82) is 0 Å². The van der Waals surface area contributed by atoms with Gasteiger partial charge in [-0.3, -0.25) is 14.5 Å². The molecule has 3 N–H and O–H groups in total. The standard InChI is InChI=1S/C25H24Cl2N4O4S/c1-30-8-10-31(11-9-30)13-16-14-36-22(21(16)27)24(33)29-20-12-15(2-7-19(20)25(34)35)23(32)28-18-5-3-17(26)4-6-18/h2-7,12,14H,8-11,13H2,1H3,(H,28,32)(H,29,33)(H,34,35). The molecule has 8 nitrogen and oxygen atoms in total. The highest BCUT2D eigenvalue weighted by atomic mass is 35.5. The summed E-state index contributed by atoms with van der Waals surface area (Å²) < 4.78 is 0. The first-order chi connectivity index (χ1) is 17.2. The summed E-state index contributed by atoms with van der Waals surface area (Å²) in [6.07, 6.45) is 0. The number of aromatic carboxylic acids is 1. The Labute approximate surface area is 222 Å². The Morgan fingerprint density at radius 3 is 2.33 bits per heavy atom. The van der Waals surface area contributed by atoms with Gasteiger partial charge >= 0.3 is 5.97 Å². The number of rotatable bonds is 7. The summed E-state index contributed by atoms with van der Waals surface area (Å²) in [5.41, 5.74) is 1.41. The van der Waals surface area contributed by atoms with E-state index in [1.54, 1.807) is 24.3 Å². The predicted molar refractivity (Wildman–Crippen MR) is 143 cm³/mol. The number of carboxylic acids is 1. The SMILES string of the molecule is CN1CCN(Cc2csc(C(=O)Nc3cc(C(=O)Nc4ccc(Cl)cc4)ccc3C(=O)O)c2Cl)CC1. The number of nitrogens with zero attached hydrogens (tertiary/aromatic N) is 2. The van der Waals surface area contributed by atoms with Gasteiger partial charge in [-0.15, -0.1) is 11.3 Å². The molecule has 0 spiro atoms. The van der Waals surface area contributed by atoms with E-state index >= 15 is 0 Å². The van der Waals surface area contributed by atoms with Crippen LogP contribution < -0.4 is 10.6 Å². The third kappa shape index (κ3) is 6.24. The fourth-order valence-electron chi connectivity index (χ4n) is 3.78. The van der Waals surface area contributed by atoms with E-state index < -0.39 is 17.8 Å². The van der Waals surface area contributed by atoms with E-state index in [1.807, 2.05) is 5.38 Å². The van der Waals surface area contributed by atoms with Gasteiger partial charge in [0.2, 0.25) is 0 Å². The molecule has 36 heavy (non-hydrogen) atoms. The van der Waals surface area contributed by atoms with Crippen molar-refractivity contribution in [3.8, 4) is 0 Å². The van der Waals surface area contributed by atoms with Crippen molar-refractivity contribution in [3.63, 3.8) is 0 Å². The van der Waals surface area contributed by atoms with Gasteiger partial charge in [0.05, 0.1) is 16.3 Å². The van der Waals surface area contributed by atoms with Crippen LogP contribution in [-0.2, 0) is 6.54 Å². The molecule has 1 aliphatic rings. The van der Waals surface area contributed by atoms with Crippen LogP contribution in [0.5, 0.6) is 0 Å². The van der Waals surface area contributed by atoms with Gasteiger partial charge in [0.15, 0.2) is 0 Å². The molecule has 11 heteroatoms. The van der Waals surface area contributed by atoms with Gasteiger partial charge in [-0.1, -0.05) is 23.2 Å². The van der Waals surface area contributed by atoms with Crippen LogP contribution in [0.1, 0.15) is 36.0 Å². The van der Waals surface area contributed by atoms with E-state index in [9.17, 15) is 19.5 Å². The van der Waals surface area contributed by atoms with Gasteiger partial charge in [-0.2, -0.15) is 0 Å². The number of likely N-dealkylation sites (N-methyl/N-ethyl adjacent to an activating group) is 1.